The summed E-state index contributed by atoms with van der Waals surface area (Å²) < 4.78 is 0.911. The Bertz CT molecular complexity index is 1330. The molecule has 1 spiro atoms. The molecule has 3 aromatic carbocycles. The first-order valence-electron chi connectivity index (χ1n) is 10.2. The summed E-state index contributed by atoms with van der Waals surface area (Å²) in [4.78, 5) is 16.2. The average molecular weight is 500 g/mol. The van der Waals surface area contributed by atoms with Crippen LogP contribution in [0, 0.1) is 16.7 Å². The van der Waals surface area contributed by atoms with Gasteiger partial charge in [0, 0.05) is 21.6 Å². The van der Waals surface area contributed by atoms with Gasteiger partial charge in [-0.05, 0) is 41.8 Å². The van der Waals surface area contributed by atoms with E-state index in [-0.39, 0.29) is 11.6 Å². The second kappa shape index (κ2) is 7.70. The number of nitrogens with two attached hydrogens (primary N) is 1. The Labute approximate surface area is 200 Å². The third-order valence-electron chi connectivity index (χ3n) is 6.36. The van der Waals surface area contributed by atoms with Gasteiger partial charge in [-0.25, -0.2) is 0 Å². The predicted octanol–water partition coefficient (Wildman–Crippen LogP) is 5.50. The molecule has 4 nitrogen and oxygen atoms in total. The van der Waals surface area contributed by atoms with Crippen molar-refractivity contribution in [1.82, 2.24) is 0 Å². The zero-order chi connectivity index (χ0) is 22.5. The lowest BCUT2D eigenvalue weighted by Crippen LogP contribution is -2.55. The SMILES string of the molecule is N#CC1=C(N)N(c2ccc(Br)cc2)C(=S)C2(Cc3ccccc3C2=O)C1c1ccccc1. The lowest BCUT2D eigenvalue weighted by Gasteiger charge is -2.46. The van der Waals surface area contributed by atoms with Crippen LogP contribution in [0.4, 0.5) is 5.69 Å². The summed E-state index contributed by atoms with van der Waals surface area (Å²) >= 11 is 9.52. The third kappa shape index (κ3) is 2.85. The molecule has 2 aliphatic rings. The van der Waals surface area contributed by atoms with Crippen molar-refractivity contribution in [2.75, 3.05) is 4.90 Å². The largest absolute Gasteiger partial charge is 0.384 e. The lowest BCUT2D eigenvalue weighted by atomic mass is 9.64. The Morgan fingerprint density at radius 2 is 1.69 bits per heavy atom. The zero-order valence-electron chi connectivity index (χ0n) is 17.0. The number of anilines is 1. The van der Waals surface area contributed by atoms with E-state index in [0.717, 1.165) is 21.3 Å². The summed E-state index contributed by atoms with van der Waals surface area (Å²) in [7, 11) is 0. The molecule has 0 radical (unpaired) electrons. The fourth-order valence-electron chi connectivity index (χ4n) is 4.93. The van der Waals surface area contributed by atoms with Crippen LogP contribution < -0.4 is 10.6 Å². The first-order valence-corrected chi connectivity index (χ1v) is 11.4. The van der Waals surface area contributed by atoms with Gasteiger partial charge in [0.05, 0.1) is 11.6 Å². The van der Waals surface area contributed by atoms with E-state index >= 15 is 0 Å². The van der Waals surface area contributed by atoms with Crippen molar-refractivity contribution >= 4 is 44.6 Å². The zero-order valence-corrected chi connectivity index (χ0v) is 19.4. The first-order chi connectivity index (χ1) is 15.5. The predicted molar refractivity (Wildman–Crippen MR) is 132 cm³/mol. The molecule has 156 valence electrons. The summed E-state index contributed by atoms with van der Waals surface area (Å²) in [6.45, 7) is 0. The molecule has 2 unspecified atom stereocenters. The maximum atomic E-state index is 14.1. The van der Waals surface area contributed by atoms with Gasteiger partial charge in [-0.15, -0.1) is 0 Å². The Kier molecular flexibility index (Phi) is 4.96. The highest BCUT2D eigenvalue weighted by Gasteiger charge is 2.60. The van der Waals surface area contributed by atoms with E-state index in [1.807, 2.05) is 78.9 Å². The Balaban J connectivity index is 1.81. The van der Waals surface area contributed by atoms with Gasteiger partial charge >= 0.3 is 0 Å². The van der Waals surface area contributed by atoms with Crippen LogP contribution in [0.15, 0.2) is 94.7 Å². The van der Waals surface area contributed by atoms with Gasteiger partial charge in [0.25, 0.3) is 0 Å². The summed E-state index contributed by atoms with van der Waals surface area (Å²) in [5, 5.41) is 10.3. The molecule has 2 atom stereocenters. The number of rotatable bonds is 2. The van der Waals surface area contributed by atoms with E-state index in [2.05, 4.69) is 22.0 Å². The number of allylic oxidation sites excluding steroid dienone is 1. The summed E-state index contributed by atoms with van der Waals surface area (Å²) in [6, 6.07) is 27.0. The van der Waals surface area contributed by atoms with Crippen molar-refractivity contribution < 1.29 is 4.79 Å². The fourth-order valence-corrected chi connectivity index (χ4v) is 5.69. The van der Waals surface area contributed by atoms with Crippen LogP contribution in [0.5, 0.6) is 0 Å². The Hall–Kier alpha value is -3.27. The summed E-state index contributed by atoms with van der Waals surface area (Å²) in [5.41, 5.74) is 9.01. The van der Waals surface area contributed by atoms with Gasteiger partial charge in [-0.2, -0.15) is 5.26 Å². The number of carbonyl (C=O) groups is 1. The molecule has 3 aromatic rings. The van der Waals surface area contributed by atoms with E-state index < -0.39 is 11.3 Å². The van der Waals surface area contributed by atoms with E-state index in [1.54, 1.807) is 4.90 Å². The first kappa shape index (κ1) is 20.6. The van der Waals surface area contributed by atoms with Gasteiger partial charge in [0.1, 0.15) is 16.2 Å². The molecule has 2 N–H and O–H groups in total. The molecule has 1 heterocycles. The molecule has 0 saturated heterocycles. The molecular weight excluding hydrogens is 482 g/mol. The van der Waals surface area contributed by atoms with Crippen LogP contribution in [-0.4, -0.2) is 10.8 Å². The number of benzene rings is 3. The van der Waals surface area contributed by atoms with Crippen molar-refractivity contribution in [2.24, 2.45) is 11.1 Å². The lowest BCUT2D eigenvalue weighted by molar-refractivity contribution is 0.0876. The van der Waals surface area contributed by atoms with Gasteiger partial charge < -0.3 is 5.73 Å². The number of carbonyl (C=O) groups excluding carboxylic acids is 1. The number of hydrogen-bond acceptors (Lipinski definition) is 4. The molecular formula is C26H18BrN3OS. The summed E-state index contributed by atoms with van der Waals surface area (Å²) in [5.74, 6) is -0.356. The highest BCUT2D eigenvalue weighted by Crippen LogP contribution is 2.55. The van der Waals surface area contributed by atoms with Gasteiger partial charge in [-0.3, -0.25) is 9.69 Å². The molecule has 0 aromatic heterocycles. The molecule has 1 aliphatic carbocycles. The number of nitrogens with zero attached hydrogens (tertiary/aromatic N) is 2. The van der Waals surface area contributed by atoms with E-state index in [9.17, 15) is 10.1 Å². The van der Waals surface area contributed by atoms with Crippen LogP contribution in [0.2, 0.25) is 0 Å². The highest BCUT2D eigenvalue weighted by atomic mass is 79.9. The monoisotopic (exact) mass is 499 g/mol. The minimum absolute atomic E-state index is 0.0608. The molecule has 1 aliphatic heterocycles. The van der Waals surface area contributed by atoms with Crippen LogP contribution in [0.1, 0.15) is 27.4 Å². The smallest absolute Gasteiger partial charge is 0.177 e. The molecule has 0 fully saturated rings. The number of hydrogen-bond donors (Lipinski definition) is 1. The van der Waals surface area contributed by atoms with Crippen LogP contribution >= 0.6 is 28.1 Å². The maximum Gasteiger partial charge on any atom is 0.177 e. The van der Waals surface area contributed by atoms with Crippen molar-refractivity contribution in [3.63, 3.8) is 0 Å². The third-order valence-corrected chi connectivity index (χ3v) is 7.43. The van der Waals surface area contributed by atoms with Gasteiger partial charge in [0.15, 0.2) is 5.78 Å². The quantitative estimate of drug-likeness (QED) is 0.471. The number of Topliss-reactive ketones (excluding diaryl/α,β-unsaturated/α-hetero) is 1. The minimum atomic E-state index is -1.11. The van der Waals surface area contributed by atoms with E-state index in [4.69, 9.17) is 18.0 Å². The van der Waals surface area contributed by atoms with Crippen molar-refractivity contribution in [3.05, 3.63) is 111 Å². The number of halogens is 1. The standard InChI is InChI=1S/C26H18BrN3OS/c27-18-10-12-19(13-11-18)30-24(29)21(15-28)22(16-6-2-1-3-7-16)26(25(30)32)14-17-8-4-5-9-20(17)23(26)31/h1-13,22H,14,29H2. The maximum absolute atomic E-state index is 14.1. The fraction of sp³-hybridized carbons (Fsp3) is 0.115. The van der Waals surface area contributed by atoms with Crippen LogP contribution in [-0.2, 0) is 6.42 Å². The van der Waals surface area contributed by atoms with Crippen molar-refractivity contribution in [3.8, 4) is 6.07 Å². The number of nitriles is 1. The average Bonchev–Trinajstić information content (AvgIpc) is 3.11. The highest BCUT2D eigenvalue weighted by molar-refractivity contribution is 9.10. The van der Waals surface area contributed by atoms with E-state index in [0.29, 0.717) is 22.5 Å². The number of thiocarbonyl (C=S) groups is 1. The molecule has 0 amide bonds. The summed E-state index contributed by atoms with van der Waals surface area (Å²) in [6.07, 6.45) is 0.423. The van der Waals surface area contributed by atoms with Gasteiger partial charge in [0.2, 0.25) is 0 Å². The topological polar surface area (TPSA) is 70.1 Å². The molecule has 6 heteroatoms. The normalized spacial score (nSPS) is 22.2. The number of fused-ring (bicyclic) bond motifs is 1. The number of ketones is 1. The Morgan fingerprint density at radius 1 is 1.03 bits per heavy atom. The second-order valence-electron chi connectivity index (χ2n) is 8.01. The van der Waals surface area contributed by atoms with Crippen molar-refractivity contribution in [1.29, 1.82) is 5.26 Å². The van der Waals surface area contributed by atoms with Crippen LogP contribution in [0.3, 0.4) is 0 Å². The molecule has 0 bridgehead atoms. The van der Waals surface area contributed by atoms with Crippen molar-refractivity contribution in [2.45, 2.75) is 12.3 Å². The van der Waals surface area contributed by atoms with E-state index in [1.165, 1.54) is 0 Å². The Morgan fingerprint density at radius 3 is 2.34 bits per heavy atom. The molecule has 0 saturated carbocycles. The minimum Gasteiger partial charge on any atom is -0.384 e. The molecule has 5 rings (SSSR count). The van der Waals surface area contributed by atoms with Gasteiger partial charge in [-0.1, -0.05) is 82.7 Å². The second-order valence-corrected chi connectivity index (χ2v) is 9.31. The molecule has 32 heavy (non-hydrogen) atoms. The van der Waals surface area contributed by atoms with Crippen LogP contribution in [0.25, 0.3) is 0 Å².